The summed E-state index contributed by atoms with van der Waals surface area (Å²) in [6, 6.07) is 3.72. The average molecular weight is 311 g/mol. The molecule has 18 heavy (non-hydrogen) atoms. The van der Waals surface area contributed by atoms with Crippen molar-refractivity contribution in [3.05, 3.63) is 24.5 Å². The van der Waals surface area contributed by atoms with Gasteiger partial charge in [0.2, 0.25) is 5.91 Å². The minimum atomic E-state index is -0.254. The van der Waals surface area contributed by atoms with Crippen molar-refractivity contribution in [1.82, 2.24) is 15.8 Å². The van der Waals surface area contributed by atoms with Crippen LogP contribution in [0.4, 0.5) is 5.69 Å². The Labute approximate surface area is 114 Å². The quantitative estimate of drug-likeness (QED) is 0.730. The van der Waals surface area contributed by atoms with Crippen LogP contribution in [0.15, 0.2) is 24.5 Å². The second-order valence-electron chi connectivity index (χ2n) is 4.80. The number of hydrogen-bond acceptors (Lipinski definition) is 4. The first-order valence-electron chi connectivity index (χ1n) is 6.12. The molecule has 3 unspecified atom stereocenters. The highest BCUT2D eigenvalue weighted by molar-refractivity contribution is 9.09. The molecule has 2 heterocycles. The number of nitrogens with zero attached hydrogens (tertiary/aromatic N) is 1. The van der Waals surface area contributed by atoms with Gasteiger partial charge in [0, 0.05) is 12.2 Å². The predicted molar refractivity (Wildman–Crippen MR) is 72.2 cm³/mol. The molecule has 2 fully saturated rings. The lowest BCUT2D eigenvalue weighted by Crippen LogP contribution is -2.42. The molecule has 1 saturated heterocycles. The maximum atomic E-state index is 12.1. The van der Waals surface area contributed by atoms with E-state index >= 15 is 0 Å². The van der Waals surface area contributed by atoms with Crippen LogP contribution in [-0.4, -0.2) is 27.8 Å². The number of pyridine rings is 1. The molecule has 0 aromatic carbocycles. The molecule has 3 atom stereocenters. The molecule has 0 bridgehead atoms. The zero-order valence-electron chi connectivity index (χ0n) is 9.77. The minimum Gasteiger partial charge on any atom is -0.323 e. The minimum absolute atomic E-state index is 0.0412. The lowest BCUT2D eigenvalue weighted by atomic mass is 10.1. The normalized spacial score (nSPS) is 31.3. The number of carbonyl (C=O) groups is 1. The smallest absolute Gasteiger partial charge is 0.244 e. The zero-order chi connectivity index (χ0) is 12.5. The van der Waals surface area contributed by atoms with Gasteiger partial charge in [0.05, 0.1) is 16.7 Å². The Kier molecular flexibility index (Phi) is 3.32. The molecule has 1 aliphatic carbocycles. The average Bonchev–Trinajstić information content (AvgIpc) is 3.14. The van der Waals surface area contributed by atoms with E-state index in [1.165, 1.54) is 12.8 Å². The first kappa shape index (κ1) is 12.1. The highest BCUT2D eigenvalue weighted by Crippen LogP contribution is 2.38. The fourth-order valence-corrected chi connectivity index (χ4v) is 3.19. The number of rotatable bonds is 3. The molecule has 96 valence electrons. The summed E-state index contributed by atoms with van der Waals surface area (Å²) in [4.78, 5) is 16.2. The van der Waals surface area contributed by atoms with Crippen LogP contribution in [0.1, 0.15) is 12.8 Å². The number of hydrogen-bond donors (Lipinski definition) is 3. The first-order valence-corrected chi connectivity index (χ1v) is 7.03. The molecule has 1 saturated carbocycles. The van der Waals surface area contributed by atoms with Crippen LogP contribution in [-0.2, 0) is 4.79 Å². The number of amides is 1. The monoisotopic (exact) mass is 310 g/mol. The van der Waals surface area contributed by atoms with Crippen molar-refractivity contribution in [3.63, 3.8) is 0 Å². The van der Waals surface area contributed by atoms with Gasteiger partial charge in [0.1, 0.15) is 6.04 Å². The number of aromatic nitrogens is 1. The van der Waals surface area contributed by atoms with Gasteiger partial charge >= 0.3 is 0 Å². The lowest BCUT2D eigenvalue weighted by Gasteiger charge is -2.16. The number of hydrazine groups is 1. The van der Waals surface area contributed by atoms with Crippen molar-refractivity contribution >= 4 is 27.5 Å². The fourth-order valence-electron chi connectivity index (χ4n) is 2.25. The standard InChI is InChI=1S/C12H15BrN4O/c13-9-10(7-3-4-7)16-17-11(9)12(18)15-8-2-1-5-14-6-8/h1-2,5-7,9-11,16-17H,3-4H2,(H,15,18). The first-order chi connectivity index (χ1) is 8.75. The second kappa shape index (κ2) is 4.95. The van der Waals surface area contributed by atoms with Crippen LogP contribution in [0.3, 0.4) is 0 Å². The molecular formula is C12H15BrN4O. The Morgan fingerprint density at radius 1 is 1.44 bits per heavy atom. The summed E-state index contributed by atoms with van der Waals surface area (Å²) in [6.45, 7) is 0. The largest absolute Gasteiger partial charge is 0.323 e. The lowest BCUT2D eigenvalue weighted by molar-refractivity contribution is -0.117. The van der Waals surface area contributed by atoms with Gasteiger partial charge in [-0.3, -0.25) is 15.2 Å². The van der Waals surface area contributed by atoms with E-state index < -0.39 is 0 Å². The molecule has 0 radical (unpaired) electrons. The molecule has 1 aliphatic heterocycles. The van der Waals surface area contributed by atoms with Gasteiger partial charge in [-0.25, -0.2) is 5.43 Å². The molecule has 1 amide bonds. The van der Waals surface area contributed by atoms with Crippen molar-refractivity contribution in [2.45, 2.75) is 29.8 Å². The molecule has 1 aromatic heterocycles. The van der Waals surface area contributed by atoms with E-state index in [-0.39, 0.29) is 16.8 Å². The molecular weight excluding hydrogens is 296 g/mol. The summed E-state index contributed by atoms with van der Waals surface area (Å²) in [5, 5.41) is 2.86. The summed E-state index contributed by atoms with van der Waals surface area (Å²) in [6.07, 6.45) is 5.82. The van der Waals surface area contributed by atoms with Gasteiger partial charge in [0.15, 0.2) is 0 Å². The Bertz CT molecular complexity index is 437. The summed E-state index contributed by atoms with van der Waals surface area (Å²) in [5.74, 6) is 0.651. The molecule has 1 aromatic rings. The molecule has 3 rings (SSSR count). The van der Waals surface area contributed by atoms with Crippen molar-refractivity contribution in [2.75, 3.05) is 5.32 Å². The molecule has 0 spiro atoms. The zero-order valence-corrected chi connectivity index (χ0v) is 11.4. The van der Waals surface area contributed by atoms with E-state index in [4.69, 9.17) is 0 Å². The molecule has 6 heteroatoms. The van der Waals surface area contributed by atoms with Gasteiger partial charge in [0.25, 0.3) is 0 Å². The Morgan fingerprint density at radius 2 is 2.28 bits per heavy atom. The molecule has 2 aliphatic rings. The highest BCUT2D eigenvalue weighted by atomic mass is 79.9. The van der Waals surface area contributed by atoms with E-state index in [1.54, 1.807) is 18.5 Å². The molecule has 3 N–H and O–H groups in total. The van der Waals surface area contributed by atoms with Crippen molar-refractivity contribution in [3.8, 4) is 0 Å². The summed E-state index contributed by atoms with van der Waals surface area (Å²) in [5.41, 5.74) is 7.00. The van der Waals surface area contributed by atoms with Crippen LogP contribution in [0, 0.1) is 5.92 Å². The number of carbonyl (C=O) groups excluding carboxylic acids is 1. The van der Waals surface area contributed by atoms with E-state index in [2.05, 4.69) is 37.1 Å². The van der Waals surface area contributed by atoms with Gasteiger partial charge in [-0.2, -0.15) is 0 Å². The number of anilines is 1. The molecule has 5 nitrogen and oxygen atoms in total. The van der Waals surface area contributed by atoms with Gasteiger partial charge in [-0.05, 0) is 30.9 Å². The van der Waals surface area contributed by atoms with Crippen LogP contribution >= 0.6 is 15.9 Å². The third-order valence-corrected chi connectivity index (χ3v) is 4.51. The van der Waals surface area contributed by atoms with E-state index in [0.717, 1.165) is 5.69 Å². The van der Waals surface area contributed by atoms with Crippen LogP contribution in [0.25, 0.3) is 0 Å². The fraction of sp³-hybridized carbons (Fsp3) is 0.500. The maximum Gasteiger partial charge on any atom is 0.244 e. The number of alkyl halides is 1. The van der Waals surface area contributed by atoms with Gasteiger partial charge < -0.3 is 5.32 Å². The topological polar surface area (TPSA) is 66.0 Å². The van der Waals surface area contributed by atoms with Crippen molar-refractivity contribution < 1.29 is 4.79 Å². The van der Waals surface area contributed by atoms with Crippen LogP contribution in [0.5, 0.6) is 0 Å². The van der Waals surface area contributed by atoms with Crippen LogP contribution in [0.2, 0.25) is 0 Å². The maximum absolute atomic E-state index is 12.1. The van der Waals surface area contributed by atoms with Gasteiger partial charge in [-0.15, -0.1) is 0 Å². The van der Waals surface area contributed by atoms with E-state index in [9.17, 15) is 4.79 Å². The highest BCUT2D eigenvalue weighted by Gasteiger charge is 2.45. The number of halogens is 1. The Hall–Kier alpha value is -0.980. The Morgan fingerprint density at radius 3 is 2.94 bits per heavy atom. The van der Waals surface area contributed by atoms with Crippen LogP contribution < -0.4 is 16.2 Å². The summed E-state index contributed by atoms with van der Waals surface area (Å²) >= 11 is 3.62. The van der Waals surface area contributed by atoms with Crippen molar-refractivity contribution in [2.24, 2.45) is 5.92 Å². The third kappa shape index (κ3) is 2.41. The van der Waals surface area contributed by atoms with Crippen molar-refractivity contribution in [1.29, 1.82) is 0 Å². The second-order valence-corrected chi connectivity index (χ2v) is 5.86. The third-order valence-electron chi connectivity index (χ3n) is 3.41. The number of nitrogens with one attached hydrogen (secondary N) is 3. The Balaban J connectivity index is 1.63. The van der Waals surface area contributed by atoms with Gasteiger partial charge in [-0.1, -0.05) is 15.9 Å². The SMILES string of the molecule is O=C(Nc1cccnc1)C1NNC(C2CC2)C1Br. The predicted octanol–water partition coefficient (Wildman–Crippen LogP) is 1.04. The van der Waals surface area contributed by atoms with E-state index in [0.29, 0.717) is 12.0 Å². The summed E-state index contributed by atoms with van der Waals surface area (Å²) in [7, 11) is 0. The van der Waals surface area contributed by atoms with E-state index in [1.807, 2.05) is 6.07 Å². The summed E-state index contributed by atoms with van der Waals surface area (Å²) < 4.78 is 0.